The third-order valence-corrected chi connectivity index (χ3v) is 5.84. The van der Waals surface area contributed by atoms with Gasteiger partial charge in [-0.3, -0.25) is 4.79 Å². The molecular formula is C20H30FN3O. The molecule has 2 heterocycles. The number of nitrogens with zero attached hydrogens (tertiary/aromatic N) is 3. The number of hydrogen-bond acceptors (Lipinski definition) is 3. The molecule has 0 saturated carbocycles. The molecule has 1 aromatic carbocycles. The lowest BCUT2D eigenvalue weighted by atomic mass is 9.72. The lowest BCUT2D eigenvalue weighted by Crippen LogP contribution is -2.51. The van der Waals surface area contributed by atoms with Crippen molar-refractivity contribution in [1.82, 2.24) is 14.7 Å². The Balaban J connectivity index is 1.82. The minimum absolute atomic E-state index is 0.218. The molecular weight excluding hydrogens is 317 g/mol. The summed E-state index contributed by atoms with van der Waals surface area (Å²) in [5.74, 6) is 0.0598. The van der Waals surface area contributed by atoms with Gasteiger partial charge in [0.15, 0.2) is 0 Å². The van der Waals surface area contributed by atoms with Crippen LogP contribution in [0.1, 0.15) is 24.8 Å². The van der Waals surface area contributed by atoms with E-state index in [4.69, 9.17) is 0 Å². The van der Waals surface area contributed by atoms with Crippen LogP contribution in [0, 0.1) is 11.2 Å². The number of halogens is 1. The predicted octanol–water partition coefficient (Wildman–Crippen LogP) is 2.24. The maximum absolute atomic E-state index is 13.7. The Hall–Kier alpha value is -1.46. The minimum Gasteiger partial charge on any atom is -0.341 e. The van der Waals surface area contributed by atoms with Gasteiger partial charge in [-0.25, -0.2) is 4.39 Å². The van der Waals surface area contributed by atoms with E-state index < -0.39 is 0 Å². The molecule has 1 aromatic rings. The zero-order valence-electron chi connectivity index (χ0n) is 15.5. The van der Waals surface area contributed by atoms with Crippen molar-refractivity contribution in [1.29, 1.82) is 0 Å². The van der Waals surface area contributed by atoms with E-state index in [0.29, 0.717) is 6.42 Å². The SMILES string of the molecule is CN1CCCN(C(=O)C2(Cc3cccc(F)c3)CCN(C)CC2)CC1. The first-order chi connectivity index (χ1) is 12.0. The number of likely N-dealkylation sites (tertiary alicyclic amines) is 1. The molecule has 0 bridgehead atoms. The Kier molecular flexibility index (Phi) is 5.74. The minimum atomic E-state index is -0.386. The Labute approximate surface area is 150 Å². The molecule has 2 fully saturated rings. The van der Waals surface area contributed by atoms with E-state index in [-0.39, 0.29) is 17.1 Å². The first-order valence-corrected chi connectivity index (χ1v) is 9.39. The molecule has 3 rings (SSSR count). The fourth-order valence-electron chi connectivity index (χ4n) is 4.14. The fraction of sp³-hybridized carbons (Fsp3) is 0.650. The Morgan fingerprint density at radius 1 is 1.04 bits per heavy atom. The van der Waals surface area contributed by atoms with Crippen LogP contribution in [0.5, 0.6) is 0 Å². The number of amides is 1. The van der Waals surface area contributed by atoms with Crippen LogP contribution < -0.4 is 0 Å². The monoisotopic (exact) mass is 347 g/mol. The van der Waals surface area contributed by atoms with Gasteiger partial charge >= 0.3 is 0 Å². The van der Waals surface area contributed by atoms with Gasteiger partial charge in [0.05, 0.1) is 5.41 Å². The quantitative estimate of drug-likeness (QED) is 0.839. The first kappa shape index (κ1) is 18.3. The Bertz CT molecular complexity index is 598. The molecule has 0 unspecified atom stereocenters. The molecule has 0 radical (unpaired) electrons. The third-order valence-electron chi connectivity index (χ3n) is 5.84. The highest BCUT2D eigenvalue weighted by molar-refractivity contribution is 5.83. The highest BCUT2D eigenvalue weighted by atomic mass is 19.1. The topological polar surface area (TPSA) is 26.8 Å². The molecule has 1 amide bonds. The number of piperidine rings is 1. The van der Waals surface area contributed by atoms with E-state index in [9.17, 15) is 9.18 Å². The van der Waals surface area contributed by atoms with Crippen molar-refractivity contribution in [2.75, 3.05) is 53.4 Å². The highest BCUT2D eigenvalue weighted by Gasteiger charge is 2.43. The number of hydrogen-bond donors (Lipinski definition) is 0. The van der Waals surface area contributed by atoms with Gasteiger partial charge in [0, 0.05) is 19.6 Å². The van der Waals surface area contributed by atoms with E-state index in [1.807, 2.05) is 6.07 Å². The molecule has 0 aromatic heterocycles. The van der Waals surface area contributed by atoms with Crippen molar-refractivity contribution < 1.29 is 9.18 Å². The van der Waals surface area contributed by atoms with Gasteiger partial charge in [-0.05, 0) is 77.1 Å². The maximum atomic E-state index is 13.7. The second-order valence-electron chi connectivity index (χ2n) is 7.84. The Morgan fingerprint density at radius 2 is 1.76 bits per heavy atom. The van der Waals surface area contributed by atoms with Gasteiger partial charge in [-0.2, -0.15) is 0 Å². The summed E-state index contributed by atoms with van der Waals surface area (Å²) in [6.07, 6.45) is 3.37. The van der Waals surface area contributed by atoms with Crippen LogP contribution in [0.3, 0.4) is 0 Å². The number of likely N-dealkylation sites (N-methyl/N-ethyl adjacent to an activating group) is 1. The fourth-order valence-corrected chi connectivity index (χ4v) is 4.14. The first-order valence-electron chi connectivity index (χ1n) is 9.39. The van der Waals surface area contributed by atoms with Crippen molar-refractivity contribution in [2.24, 2.45) is 5.41 Å². The number of benzene rings is 1. The zero-order chi connectivity index (χ0) is 17.9. The molecule has 2 saturated heterocycles. The molecule has 138 valence electrons. The van der Waals surface area contributed by atoms with Crippen molar-refractivity contribution in [3.05, 3.63) is 35.6 Å². The summed E-state index contributed by atoms with van der Waals surface area (Å²) in [5, 5.41) is 0. The molecule has 0 atom stereocenters. The summed E-state index contributed by atoms with van der Waals surface area (Å²) < 4.78 is 13.7. The van der Waals surface area contributed by atoms with Crippen molar-refractivity contribution in [3.8, 4) is 0 Å². The maximum Gasteiger partial charge on any atom is 0.229 e. The molecule has 0 aliphatic carbocycles. The summed E-state index contributed by atoms with van der Waals surface area (Å²) in [5.41, 5.74) is 0.549. The molecule has 2 aliphatic rings. The zero-order valence-corrected chi connectivity index (χ0v) is 15.5. The number of carbonyl (C=O) groups excluding carboxylic acids is 1. The van der Waals surface area contributed by atoms with Crippen molar-refractivity contribution in [3.63, 3.8) is 0 Å². The van der Waals surface area contributed by atoms with E-state index >= 15 is 0 Å². The molecule has 4 nitrogen and oxygen atoms in total. The van der Waals surface area contributed by atoms with Gasteiger partial charge in [0.1, 0.15) is 5.82 Å². The average molecular weight is 347 g/mol. The average Bonchev–Trinajstić information content (AvgIpc) is 2.81. The van der Waals surface area contributed by atoms with E-state index in [0.717, 1.165) is 64.1 Å². The lowest BCUT2D eigenvalue weighted by molar-refractivity contribution is -0.145. The molecule has 25 heavy (non-hydrogen) atoms. The lowest BCUT2D eigenvalue weighted by Gasteiger charge is -2.42. The summed E-state index contributed by atoms with van der Waals surface area (Å²) in [6.45, 7) is 5.47. The second-order valence-corrected chi connectivity index (χ2v) is 7.84. The summed E-state index contributed by atoms with van der Waals surface area (Å²) >= 11 is 0. The van der Waals surface area contributed by atoms with Gasteiger partial charge in [-0.15, -0.1) is 0 Å². The second kappa shape index (κ2) is 7.83. The van der Waals surface area contributed by atoms with Crippen LogP contribution in [0.25, 0.3) is 0 Å². The number of rotatable bonds is 3. The summed E-state index contributed by atoms with van der Waals surface area (Å²) in [4.78, 5) is 20.2. The van der Waals surface area contributed by atoms with E-state index in [1.165, 1.54) is 6.07 Å². The standard InChI is InChI=1S/C20H30FN3O/c1-22-9-4-10-24(14-13-22)19(25)20(7-11-23(2)12-8-20)16-17-5-3-6-18(21)15-17/h3,5-6,15H,4,7-14,16H2,1-2H3. The van der Waals surface area contributed by atoms with Gasteiger partial charge in [0.2, 0.25) is 5.91 Å². The van der Waals surface area contributed by atoms with Crippen LogP contribution in [-0.4, -0.2) is 74.0 Å². The van der Waals surface area contributed by atoms with Crippen LogP contribution in [0.2, 0.25) is 0 Å². The van der Waals surface area contributed by atoms with Gasteiger partial charge in [0.25, 0.3) is 0 Å². The Morgan fingerprint density at radius 3 is 2.48 bits per heavy atom. The largest absolute Gasteiger partial charge is 0.341 e. The van der Waals surface area contributed by atoms with Gasteiger partial charge in [-0.1, -0.05) is 12.1 Å². The van der Waals surface area contributed by atoms with E-state index in [1.54, 1.807) is 12.1 Å². The van der Waals surface area contributed by atoms with E-state index in [2.05, 4.69) is 28.8 Å². The van der Waals surface area contributed by atoms with Crippen LogP contribution in [0.15, 0.2) is 24.3 Å². The predicted molar refractivity (Wildman–Crippen MR) is 98.0 cm³/mol. The summed E-state index contributed by atoms with van der Waals surface area (Å²) in [7, 11) is 4.23. The molecule has 0 N–H and O–H groups in total. The van der Waals surface area contributed by atoms with Crippen LogP contribution >= 0.6 is 0 Å². The smallest absolute Gasteiger partial charge is 0.229 e. The number of carbonyl (C=O) groups is 1. The molecule has 5 heteroatoms. The van der Waals surface area contributed by atoms with Crippen molar-refractivity contribution in [2.45, 2.75) is 25.7 Å². The summed E-state index contributed by atoms with van der Waals surface area (Å²) in [6, 6.07) is 6.76. The third kappa shape index (κ3) is 4.39. The normalized spacial score (nSPS) is 22.6. The van der Waals surface area contributed by atoms with Crippen molar-refractivity contribution >= 4 is 5.91 Å². The van der Waals surface area contributed by atoms with Crippen LogP contribution in [0.4, 0.5) is 4.39 Å². The van der Waals surface area contributed by atoms with Crippen LogP contribution in [-0.2, 0) is 11.2 Å². The molecule has 2 aliphatic heterocycles. The van der Waals surface area contributed by atoms with Gasteiger partial charge < -0.3 is 14.7 Å². The molecule has 0 spiro atoms. The highest BCUT2D eigenvalue weighted by Crippen LogP contribution is 2.37.